The molecule has 0 aliphatic carbocycles. The number of hydrogen-bond donors (Lipinski definition) is 1. The molecular weight excluding hydrogens is 326 g/mol. The number of ether oxygens (including phenoxy) is 2. The zero-order valence-corrected chi connectivity index (χ0v) is 14.2. The number of nitrogens with one attached hydrogen (secondary N) is 1. The number of carbonyl (C=O) groups is 2. The lowest BCUT2D eigenvalue weighted by Crippen LogP contribution is -2.28. The van der Waals surface area contributed by atoms with Crippen molar-refractivity contribution in [3.05, 3.63) is 30.0 Å². The highest BCUT2D eigenvalue weighted by molar-refractivity contribution is 6.04. The predicted molar refractivity (Wildman–Crippen MR) is 89.9 cm³/mol. The summed E-state index contributed by atoms with van der Waals surface area (Å²) in [6.45, 7) is 2.00. The lowest BCUT2D eigenvalue weighted by molar-refractivity contribution is -0.122. The number of methoxy groups -OCH3 is 2. The number of aromatic nitrogens is 1. The van der Waals surface area contributed by atoms with Gasteiger partial charge in [-0.1, -0.05) is 5.16 Å². The van der Waals surface area contributed by atoms with Crippen LogP contribution in [0.2, 0.25) is 0 Å². The maximum Gasteiger partial charge on any atom is 0.231 e. The van der Waals surface area contributed by atoms with Crippen LogP contribution in [0.4, 0.5) is 11.5 Å². The predicted octanol–water partition coefficient (Wildman–Crippen LogP) is 1.99. The van der Waals surface area contributed by atoms with Gasteiger partial charge in [-0.3, -0.25) is 9.59 Å². The zero-order chi connectivity index (χ0) is 18.0. The van der Waals surface area contributed by atoms with E-state index >= 15 is 0 Å². The molecule has 1 aliphatic heterocycles. The molecule has 1 aromatic heterocycles. The second-order valence-corrected chi connectivity index (χ2v) is 5.76. The minimum atomic E-state index is -0.476. The first-order valence-corrected chi connectivity index (χ1v) is 7.78. The molecule has 2 aromatic rings. The van der Waals surface area contributed by atoms with Gasteiger partial charge in [-0.2, -0.15) is 0 Å². The van der Waals surface area contributed by atoms with E-state index < -0.39 is 5.92 Å². The van der Waals surface area contributed by atoms with Crippen molar-refractivity contribution in [3.63, 3.8) is 0 Å². The molecule has 0 unspecified atom stereocenters. The fourth-order valence-electron chi connectivity index (χ4n) is 2.78. The first kappa shape index (κ1) is 16.8. The van der Waals surface area contributed by atoms with E-state index in [9.17, 15) is 9.59 Å². The molecule has 1 saturated heterocycles. The summed E-state index contributed by atoms with van der Waals surface area (Å²) < 4.78 is 15.4. The van der Waals surface area contributed by atoms with Gasteiger partial charge in [-0.25, -0.2) is 0 Å². The zero-order valence-electron chi connectivity index (χ0n) is 14.2. The highest BCUT2D eigenvalue weighted by Gasteiger charge is 2.36. The van der Waals surface area contributed by atoms with Gasteiger partial charge in [0.05, 0.1) is 25.8 Å². The third-order valence-electron chi connectivity index (χ3n) is 4.05. The first-order valence-electron chi connectivity index (χ1n) is 7.78. The van der Waals surface area contributed by atoms with Crippen LogP contribution in [0.25, 0.3) is 0 Å². The van der Waals surface area contributed by atoms with E-state index in [-0.39, 0.29) is 24.8 Å². The highest BCUT2D eigenvalue weighted by atomic mass is 16.5. The molecule has 25 heavy (non-hydrogen) atoms. The van der Waals surface area contributed by atoms with Crippen LogP contribution in [0, 0.1) is 12.8 Å². The molecule has 0 bridgehead atoms. The fraction of sp³-hybridized carbons (Fsp3) is 0.353. The molecule has 1 aromatic carbocycles. The quantitative estimate of drug-likeness (QED) is 0.891. The van der Waals surface area contributed by atoms with Crippen LogP contribution in [0.3, 0.4) is 0 Å². The lowest BCUT2D eigenvalue weighted by atomic mass is 10.1. The number of rotatable bonds is 5. The van der Waals surface area contributed by atoms with Gasteiger partial charge < -0.3 is 24.2 Å². The molecule has 0 spiro atoms. The summed E-state index contributed by atoms with van der Waals surface area (Å²) >= 11 is 0. The van der Waals surface area contributed by atoms with E-state index in [1.54, 1.807) is 43.2 Å². The van der Waals surface area contributed by atoms with Gasteiger partial charge in [0, 0.05) is 25.1 Å². The number of benzene rings is 1. The monoisotopic (exact) mass is 345 g/mol. The largest absolute Gasteiger partial charge is 0.497 e. The average Bonchev–Trinajstić information content (AvgIpc) is 3.19. The smallest absolute Gasteiger partial charge is 0.231 e. The normalized spacial score (nSPS) is 16.8. The Labute approximate surface area is 144 Å². The maximum absolute atomic E-state index is 12.4. The Kier molecular flexibility index (Phi) is 4.60. The second kappa shape index (κ2) is 6.84. The third kappa shape index (κ3) is 3.42. The molecular formula is C17H19N3O5. The Hall–Kier alpha value is -3.03. The van der Waals surface area contributed by atoms with Crippen molar-refractivity contribution in [2.45, 2.75) is 13.3 Å². The van der Waals surface area contributed by atoms with Gasteiger partial charge in [-0.05, 0) is 19.1 Å². The molecule has 132 valence electrons. The minimum absolute atomic E-state index is 0.123. The van der Waals surface area contributed by atoms with Gasteiger partial charge in [-0.15, -0.1) is 0 Å². The van der Waals surface area contributed by atoms with Gasteiger partial charge in [0.2, 0.25) is 11.8 Å². The number of nitrogens with zero attached hydrogens (tertiary/aromatic N) is 2. The molecule has 8 nitrogen and oxygen atoms in total. The number of amides is 2. The molecule has 3 rings (SSSR count). The summed E-state index contributed by atoms with van der Waals surface area (Å²) in [6.07, 6.45) is 0.123. The van der Waals surface area contributed by atoms with Crippen molar-refractivity contribution < 1.29 is 23.6 Å². The van der Waals surface area contributed by atoms with E-state index in [2.05, 4.69) is 10.5 Å². The summed E-state index contributed by atoms with van der Waals surface area (Å²) in [5.74, 6) is 1.20. The van der Waals surface area contributed by atoms with Crippen molar-refractivity contribution in [2.24, 2.45) is 5.92 Å². The summed E-state index contributed by atoms with van der Waals surface area (Å²) in [6, 6.07) is 6.82. The standard InChI is InChI=1S/C17H19N3O5/c1-10-6-15(19-25-10)18-17(22)11-7-16(21)20(9-11)13-5-4-12(23-2)8-14(13)24-3/h4-6,8,11H,7,9H2,1-3H3,(H,18,19,22)/t11-/m1/s1. The number of carbonyl (C=O) groups excluding carboxylic acids is 2. The van der Waals surface area contributed by atoms with Crippen molar-refractivity contribution in [2.75, 3.05) is 31.0 Å². The van der Waals surface area contributed by atoms with Crippen LogP contribution in [0.5, 0.6) is 11.5 Å². The van der Waals surface area contributed by atoms with Crippen LogP contribution >= 0.6 is 0 Å². The third-order valence-corrected chi connectivity index (χ3v) is 4.05. The average molecular weight is 345 g/mol. The molecule has 2 amide bonds. The van der Waals surface area contributed by atoms with Gasteiger partial charge in [0.25, 0.3) is 0 Å². The molecule has 0 saturated carbocycles. The molecule has 1 atom stereocenters. The lowest BCUT2D eigenvalue weighted by Gasteiger charge is -2.20. The van der Waals surface area contributed by atoms with Crippen LogP contribution in [0.15, 0.2) is 28.8 Å². The topological polar surface area (TPSA) is 93.9 Å². The van der Waals surface area contributed by atoms with Gasteiger partial charge in [0.1, 0.15) is 17.3 Å². The molecule has 1 aliphatic rings. The maximum atomic E-state index is 12.4. The number of hydrogen-bond acceptors (Lipinski definition) is 6. The van der Waals surface area contributed by atoms with E-state index in [4.69, 9.17) is 14.0 Å². The van der Waals surface area contributed by atoms with Crippen molar-refractivity contribution >= 4 is 23.3 Å². The summed E-state index contributed by atoms with van der Waals surface area (Å²) in [4.78, 5) is 26.3. The Morgan fingerprint density at radius 3 is 2.76 bits per heavy atom. The Morgan fingerprint density at radius 1 is 1.32 bits per heavy atom. The Bertz CT molecular complexity index is 801. The van der Waals surface area contributed by atoms with Crippen molar-refractivity contribution in [3.8, 4) is 11.5 Å². The van der Waals surface area contributed by atoms with E-state index in [1.165, 1.54) is 7.11 Å². The summed E-state index contributed by atoms with van der Waals surface area (Å²) in [5.41, 5.74) is 0.612. The van der Waals surface area contributed by atoms with Crippen molar-refractivity contribution in [1.29, 1.82) is 0 Å². The summed E-state index contributed by atoms with van der Waals surface area (Å²) in [5, 5.41) is 6.40. The second-order valence-electron chi connectivity index (χ2n) is 5.76. The number of aryl methyl sites for hydroxylation is 1. The van der Waals surface area contributed by atoms with E-state index in [0.29, 0.717) is 28.8 Å². The van der Waals surface area contributed by atoms with E-state index in [0.717, 1.165) is 0 Å². The van der Waals surface area contributed by atoms with Gasteiger partial charge in [0.15, 0.2) is 5.82 Å². The van der Waals surface area contributed by atoms with Crippen LogP contribution in [0.1, 0.15) is 12.2 Å². The highest BCUT2D eigenvalue weighted by Crippen LogP contribution is 2.36. The molecule has 2 heterocycles. The molecule has 1 fully saturated rings. The van der Waals surface area contributed by atoms with Crippen LogP contribution < -0.4 is 19.7 Å². The van der Waals surface area contributed by atoms with Crippen LogP contribution in [-0.4, -0.2) is 37.7 Å². The van der Waals surface area contributed by atoms with Crippen molar-refractivity contribution in [1.82, 2.24) is 5.16 Å². The van der Waals surface area contributed by atoms with Gasteiger partial charge >= 0.3 is 0 Å². The Balaban J connectivity index is 1.75. The van der Waals surface area contributed by atoms with E-state index in [1.807, 2.05) is 0 Å². The summed E-state index contributed by atoms with van der Waals surface area (Å²) in [7, 11) is 3.08. The minimum Gasteiger partial charge on any atom is -0.497 e. The fourth-order valence-corrected chi connectivity index (χ4v) is 2.78. The number of anilines is 2. The SMILES string of the molecule is COc1ccc(N2C[C@H](C(=O)Nc3cc(C)on3)CC2=O)c(OC)c1. The molecule has 1 N–H and O–H groups in total. The first-order chi connectivity index (χ1) is 12.0. The molecule has 0 radical (unpaired) electrons. The van der Waals surface area contributed by atoms with Crippen LogP contribution in [-0.2, 0) is 9.59 Å². The molecule has 8 heteroatoms. The Morgan fingerprint density at radius 2 is 2.12 bits per heavy atom.